The van der Waals surface area contributed by atoms with Crippen molar-refractivity contribution in [3.63, 3.8) is 0 Å². The van der Waals surface area contributed by atoms with Crippen molar-refractivity contribution in [2.24, 2.45) is 10.9 Å². The third-order valence-electron chi connectivity index (χ3n) is 4.81. The van der Waals surface area contributed by atoms with Crippen LogP contribution < -0.4 is 5.32 Å². The van der Waals surface area contributed by atoms with Crippen LogP contribution >= 0.6 is 0 Å². The van der Waals surface area contributed by atoms with Crippen molar-refractivity contribution in [2.45, 2.75) is 77.5 Å². The molecule has 0 bridgehead atoms. The van der Waals surface area contributed by atoms with Gasteiger partial charge in [0.2, 0.25) is 5.91 Å². The van der Waals surface area contributed by atoms with E-state index in [0.717, 1.165) is 12.0 Å². The Morgan fingerprint density at radius 3 is 2.31 bits per heavy atom. The SMILES string of the molecule is CC(C)CC(C)NC(=O)CC(c1ccccc1)C1(C(=O)OC(C)(C)C)C=CC=N1. The second kappa shape index (κ2) is 9.38. The fourth-order valence-corrected chi connectivity index (χ4v) is 3.73. The van der Waals surface area contributed by atoms with Crippen LogP contribution in [0.4, 0.5) is 0 Å². The molecule has 3 unspecified atom stereocenters. The van der Waals surface area contributed by atoms with Gasteiger partial charge in [-0.15, -0.1) is 0 Å². The summed E-state index contributed by atoms with van der Waals surface area (Å²) in [6.07, 6.45) is 6.16. The average Bonchev–Trinajstić information content (AvgIpc) is 3.09. The smallest absolute Gasteiger partial charge is 0.339 e. The lowest BCUT2D eigenvalue weighted by Gasteiger charge is -2.34. The van der Waals surface area contributed by atoms with E-state index in [2.05, 4.69) is 24.2 Å². The van der Waals surface area contributed by atoms with Crippen LogP contribution in [0, 0.1) is 5.92 Å². The van der Waals surface area contributed by atoms with Crippen molar-refractivity contribution in [2.75, 3.05) is 0 Å². The van der Waals surface area contributed by atoms with Gasteiger partial charge in [0.1, 0.15) is 5.60 Å². The molecule has 158 valence electrons. The van der Waals surface area contributed by atoms with Gasteiger partial charge < -0.3 is 10.1 Å². The average molecular weight is 399 g/mol. The molecule has 0 saturated heterocycles. The van der Waals surface area contributed by atoms with Gasteiger partial charge in [-0.05, 0) is 57.7 Å². The number of ether oxygens (including phenoxy) is 1. The van der Waals surface area contributed by atoms with Gasteiger partial charge in [-0.3, -0.25) is 9.79 Å². The highest BCUT2D eigenvalue weighted by molar-refractivity contribution is 5.93. The monoisotopic (exact) mass is 398 g/mol. The molecule has 2 rings (SSSR count). The van der Waals surface area contributed by atoms with E-state index < -0.39 is 23.0 Å². The maximum Gasteiger partial charge on any atom is 0.339 e. The maximum absolute atomic E-state index is 13.2. The van der Waals surface area contributed by atoms with Gasteiger partial charge in [0, 0.05) is 24.6 Å². The second-order valence-corrected chi connectivity index (χ2v) is 9.23. The standard InChI is InChI=1S/C24H34N2O3/c1-17(2)15-18(3)26-21(27)16-20(19-11-8-7-9-12-19)24(13-10-14-25-24)22(28)29-23(4,5)6/h7-14,17-18,20H,15-16H2,1-6H3,(H,26,27). The Morgan fingerprint density at radius 1 is 1.14 bits per heavy atom. The van der Waals surface area contributed by atoms with Crippen LogP contribution in [0.5, 0.6) is 0 Å². The molecule has 1 aliphatic heterocycles. The summed E-state index contributed by atoms with van der Waals surface area (Å²) in [5, 5.41) is 3.07. The van der Waals surface area contributed by atoms with Crippen LogP contribution in [0.15, 0.2) is 47.5 Å². The van der Waals surface area contributed by atoms with Crippen molar-refractivity contribution in [1.82, 2.24) is 5.32 Å². The van der Waals surface area contributed by atoms with E-state index in [1.165, 1.54) is 0 Å². The molecule has 0 aliphatic carbocycles. The molecule has 0 radical (unpaired) electrons. The van der Waals surface area contributed by atoms with Crippen molar-refractivity contribution in [1.29, 1.82) is 0 Å². The molecule has 1 aromatic carbocycles. The van der Waals surface area contributed by atoms with Gasteiger partial charge in [0.15, 0.2) is 5.54 Å². The number of hydrogen-bond donors (Lipinski definition) is 1. The van der Waals surface area contributed by atoms with Crippen LogP contribution in [0.1, 0.15) is 65.9 Å². The van der Waals surface area contributed by atoms with Gasteiger partial charge in [-0.25, -0.2) is 4.79 Å². The Bertz CT molecular complexity index is 748. The predicted octanol–water partition coefficient (Wildman–Crippen LogP) is 4.43. The first-order chi connectivity index (χ1) is 13.5. The van der Waals surface area contributed by atoms with Crippen LogP contribution in [0.3, 0.4) is 0 Å². The number of carbonyl (C=O) groups is 2. The van der Waals surface area contributed by atoms with Crippen molar-refractivity contribution in [3.8, 4) is 0 Å². The van der Waals surface area contributed by atoms with Crippen LogP contribution in [-0.4, -0.2) is 35.3 Å². The molecule has 1 N–H and O–H groups in total. The number of nitrogens with one attached hydrogen (secondary N) is 1. The highest BCUT2D eigenvalue weighted by Gasteiger charge is 2.48. The zero-order valence-corrected chi connectivity index (χ0v) is 18.4. The van der Waals surface area contributed by atoms with Gasteiger partial charge in [0.25, 0.3) is 0 Å². The lowest BCUT2D eigenvalue weighted by molar-refractivity contribution is -0.160. The fourth-order valence-electron chi connectivity index (χ4n) is 3.73. The van der Waals surface area contributed by atoms with Crippen molar-refractivity contribution < 1.29 is 14.3 Å². The van der Waals surface area contributed by atoms with E-state index >= 15 is 0 Å². The van der Waals surface area contributed by atoms with Crippen molar-refractivity contribution >= 4 is 18.1 Å². The summed E-state index contributed by atoms with van der Waals surface area (Å²) in [7, 11) is 0. The summed E-state index contributed by atoms with van der Waals surface area (Å²) in [4.78, 5) is 30.6. The molecular weight excluding hydrogens is 364 g/mol. The van der Waals surface area contributed by atoms with Gasteiger partial charge in [-0.1, -0.05) is 44.2 Å². The van der Waals surface area contributed by atoms with Gasteiger partial charge in [0.05, 0.1) is 0 Å². The Hall–Kier alpha value is -2.43. The van der Waals surface area contributed by atoms with E-state index in [1.54, 1.807) is 18.4 Å². The third kappa shape index (κ3) is 6.28. The molecule has 0 aromatic heterocycles. The van der Waals surface area contributed by atoms with E-state index in [1.807, 2.05) is 58.0 Å². The fraction of sp³-hybridized carbons (Fsp3) is 0.542. The highest BCUT2D eigenvalue weighted by Crippen LogP contribution is 2.39. The Balaban J connectivity index is 2.34. The summed E-state index contributed by atoms with van der Waals surface area (Å²) < 4.78 is 5.71. The third-order valence-corrected chi connectivity index (χ3v) is 4.81. The van der Waals surface area contributed by atoms with Gasteiger partial charge in [-0.2, -0.15) is 0 Å². The molecule has 5 nitrogen and oxygen atoms in total. The molecule has 0 saturated carbocycles. The largest absolute Gasteiger partial charge is 0.458 e. The summed E-state index contributed by atoms with van der Waals surface area (Å²) in [5.74, 6) is -0.497. The number of rotatable bonds is 8. The van der Waals surface area contributed by atoms with Crippen molar-refractivity contribution in [3.05, 3.63) is 48.0 Å². The number of hydrogen-bond acceptors (Lipinski definition) is 4. The zero-order valence-electron chi connectivity index (χ0n) is 18.4. The molecule has 5 heteroatoms. The Labute approximate surface area is 174 Å². The minimum absolute atomic E-state index is 0.0685. The Kier molecular flexibility index (Phi) is 7.39. The molecule has 1 aromatic rings. The maximum atomic E-state index is 13.2. The van der Waals surface area contributed by atoms with Crippen LogP contribution in [0.2, 0.25) is 0 Å². The first kappa shape index (κ1) is 22.9. The molecule has 29 heavy (non-hydrogen) atoms. The summed E-state index contributed by atoms with van der Waals surface area (Å²) >= 11 is 0. The number of nitrogens with zero attached hydrogens (tertiary/aromatic N) is 1. The first-order valence-corrected chi connectivity index (χ1v) is 10.3. The minimum Gasteiger partial charge on any atom is -0.458 e. The highest BCUT2D eigenvalue weighted by atomic mass is 16.6. The van der Waals surface area contributed by atoms with Gasteiger partial charge >= 0.3 is 5.97 Å². The first-order valence-electron chi connectivity index (χ1n) is 10.3. The van der Waals surface area contributed by atoms with E-state index in [9.17, 15) is 9.59 Å². The molecule has 0 spiro atoms. The molecular formula is C24H34N2O3. The molecule has 1 amide bonds. The molecule has 3 atom stereocenters. The zero-order chi connectivity index (χ0) is 21.7. The number of aliphatic imine (C=N–C) groups is 1. The normalized spacial score (nSPS) is 20.5. The van der Waals surface area contributed by atoms with E-state index in [4.69, 9.17) is 4.74 Å². The number of benzene rings is 1. The second-order valence-electron chi connectivity index (χ2n) is 9.23. The lowest BCUT2D eigenvalue weighted by Crippen LogP contribution is -2.46. The topological polar surface area (TPSA) is 67.8 Å². The number of esters is 1. The molecule has 0 fully saturated rings. The number of allylic oxidation sites excluding steroid dienone is 1. The van der Waals surface area contributed by atoms with Crippen LogP contribution in [-0.2, 0) is 14.3 Å². The van der Waals surface area contributed by atoms with Crippen LogP contribution in [0.25, 0.3) is 0 Å². The minimum atomic E-state index is -1.24. The van der Waals surface area contributed by atoms with E-state index in [0.29, 0.717) is 5.92 Å². The number of amides is 1. The molecule has 1 heterocycles. The summed E-state index contributed by atoms with van der Waals surface area (Å²) in [6, 6.07) is 9.67. The summed E-state index contributed by atoms with van der Waals surface area (Å²) in [6.45, 7) is 11.8. The quantitative estimate of drug-likeness (QED) is 0.659. The number of carbonyl (C=O) groups excluding carboxylic acids is 2. The van der Waals surface area contributed by atoms with E-state index in [-0.39, 0.29) is 18.4 Å². The molecule has 1 aliphatic rings. The predicted molar refractivity (Wildman–Crippen MR) is 117 cm³/mol. The lowest BCUT2D eigenvalue weighted by atomic mass is 9.77. The Morgan fingerprint density at radius 2 is 1.79 bits per heavy atom. The summed E-state index contributed by atoms with van der Waals surface area (Å²) in [5.41, 5.74) is -1.01.